The zero-order valence-electron chi connectivity index (χ0n) is 10.7. The summed E-state index contributed by atoms with van der Waals surface area (Å²) in [5, 5.41) is 2.32. The van der Waals surface area contributed by atoms with Gasteiger partial charge in [0.1, 0.15) is 11.2 Å². The summed E-state index contributed by atoms with van der Waals surface area (Å²) in [6.07, 6.45) is 0. The Kier molecular flexibility index (Phi) is 2.57. The van der Waals surface area contributed by atoms with Crippen LogP contribution in [0, 0.1) is 0 Å². The molecular weight excluding hydrogens is 264 g/mol. The third-order valence-electron chi connectivity index (χ3n) is 3.58. The van der Waals surface area contributed by atoms with E-state index < -0.39 is 0 Å². The van der Waals surface area contributed by atoms with Crippen molar-refractivity contribution in [3.05, 3.63) is 66.7 Å². The topological polar surface area (TPSA) is 13.1 Å². The van der Waals surface area contributed by atoms with Crippen molar-refractivity contribution in [2.75, 3.05) is 0 Å². The normalized spacial score (nSPS) is 11.2. The van der Waals surface area contributed by atoms with Gasteiger partial charge in [0.25, 0.3) is 0 Å². The van der Waals surface area contributed by atoms with E-state index in [9.17, 15) is 0 Å². The maximum absolute atomic E-state index is 6.05. The SMILES string of the molecule is Sc1ccc(-c2cccc3c2oc2ccccc23)cc1. The third kappa shape index (κ3) is 1.73. The first-order chi connectivity index (χ1) is 9.83. The summed E-state index contributed by atoms with van der Waals surface area (Å²) in [7, 11) is 0. The third-order valence-corrected chi connectivity index (χ3v) is 3.88. The van der Waals surface area contributed by atoms with Gasteiger partial charge >= 0.3 is 0 Å². The molecule has 0 spiro atoms. The molecule has 0 radical (unpaired) electrons. The molecule has 1 nitrogen and oxygen atoms in total. The van der Waals surface area contributed by atoms with Crippen LogP contribution in [0.2, 0.25) is 0 Å². The molecule has 3 aromatic carbocycles. The summed E-state index contributed by atoms with van der Waals surface area (Å²) < 4.78 is 6.05. The minimum absolute atomic E-state index is 0.931. The number of thiol groups is 1. The highest BCUT2D eigenvalue weighted by Crippen LogP contribution is 2.35. The van der Waals surface area contributed by atoms with Crippen molar-refractivity contribution in [2.45, 2.75) is 4.90 Å². The average Bonchev–Trinajstić information content (AvgIpc) is 2.87. The molecule has 0 saturated heterocycles. The standard InChI is InChI=1S/C18H12OS/c20-13-10-8-12(9-11-13)14-5-3-6-16-15-4-1-2-7-17(15)19-18(14)16/h1-11,20H. The maximum Gasteiger partial charge on any atom is 0.143 e. The summed E-state index contributed by atoms with van der Waals surface area (Å²) in [6, 6.07) is 22.6. The fourth-order valence-corrected chi connectivity index (χ4v) is 2.76. The number of hydrogen-bond donors (Lipinski definition) is 1. The summed E-state index contributed by atoms with van der Waals surface area (Å²) in [4.78, 5) is 0.963. The van der Waals surface area contributed by atoms with Crippen LogP contribution in [-0.2, 0) is 0 Å². The minimum Gasteiger partial charge on any atom is -0.455 e. The van der Waals surface area contributed by atoms with Crippen LogP contribution >= 0.6 is 12.6 Å². The van der Waals surface area contributed by atoms with Gasteiger partial charge in [0.15, 0.2) is 0 Å². The van der Waals surface area contributed by atoms with E-state index in [4.69, 9.17) is 4.42 Å². The minimum atomic E-state index is 0.931. The monoisotopic (exact) mass is 276 g/mol. The van der Waals surface area contributed by atoms with Crippen LogP contribution < -0.4 is 0 Å². The molecule has 0 saturated carbocycles. The lowest BCUT2D eigenvalue weighted by Crippen LogP contribution is -1.78. The van der Waals surface area contributed by atoms with E-state index in [2.05, 4.69) is 49.0 Å². The van der Waals surface area contributed by atoms with E-state index in [-0.39, 0.29) is 0 Å². The zero-order valence-corrected chi connectivity index (χ0v) is 11.6. The maximum atomic E-state index is 6.05. The Morgan fingerprint density at radius 3 is 2.30 bits per heavy atom. The van der Waals surface area contributed by atoms with Gasteiger partial charge in [-0.25, -0.2) is 0 Å². The Bertz CT molecular complexity index is 904. The van der Waals surface area contributed by atoms with Gasteiger partial charge in [-0.3, -0.25) is 0 Å². The molecule has 96 valence electrons. The number of hydrogen-bond acceptors (Lipinski definition) is 2. The number of benzene rings is 3. The second-order valence-electron chi connectivity index (χ2n) is 4.83. The Hall–Kier alpha value is -2.19. The molecule has 0 unspecified atom stereocenters. The Morgan fingerprint density at radius 2 is 1.45 bits per heavy atom. The largest absolute Gasteiger partial charge is 0.455 e. The van der Waals surface area contributed by atoms with Gasteiger partial charge < -0.3 is 4.42 Å². The Labute approximate surface area is 122 Å². The Balaban J connectivity index is 2.07. The molecule has 0 amide bonds. The van der Waals surface area contributed by atoms with E-state index >= 15 is 0 Å². The van der Waals surface area contributed by atoms with Crippen LogP contribution in [0.15, 0.2) is 76.0 Å². The summed E-state index contributed by atoms with van der Waals surface area (Å²) in [5.41, 5.74) is 4.14. The molecule has 0 aliphatic carbocycles. The molecular formula is C18H12OS. The van der Waals surface area contributed by atoms with Gasteiger partial charge in [0.2, 0.25) is 0 Å². The van der Waals surface area contributed by atoms with Crippen molar-refractivity contribution in [3.8, 4) is 11.1 Å². The zero-order chi connectivity index (χ0) is 13.5. The van der Waals surface area contributed by atoms with Crippen molar-refractivity contribution in [1.29, 1.82) is 0 Å². The molecule has 0 fully saturated rings. The lowest BCUT2D eigenvalue weighted by molar-refractivity contribution is 0.670. The first kappa shape index (κ1) is 11.6. The first-order valence-corrected chi connectivity index (χ1v) is 6.97. The van der Waals surface area contributed by atoms with E-state index in [0.29, 0.717) is 0 Å². The van der Waals surface area contributed by atoms with Crippen LogP contribution in [0.5, 0.6) is 0 Å². The quantitative estimate of drug-likeness (QED) is 0.450. The van der Waals surface area contributed by atoms with Gasteiger partial charge in [-0.2, -0.15) is 0 Å². The molecule has 0 aliphatic heterocycles. The molecule has 4 aromatic rings. The van der Waals surface area contributed by atoms with Crippen molar-refractivity contribution >= 4 is 34.6 Å². The highest BCUT2D eigenvalue weighted by molar-refractivity contribution is 7.80. The Morgan fingerprint density at radius 1 is 0.700 bits per heavy atom. The van der Waals surface area contributed by atoms with Crippen LogP contribution in [0.25, 0.3) is 33.1 Å². The van der Waals surface area contributed by atoms with Gasteiger partial charge in [-0.05, 0) is 23.8 Å². The smallest absolute Gasteiger partial charge is 0.143 e. The van der Waals surface area contributed by atoms with Crippen molar-refractivity contribution < 1.29 is 4.42 Å². The highest BCUT2D eigenvalue weighted by Gasteiger charge is 2.11. The predicted molar refractivity (Wildman–Crippen MR) is 86.4 cm³/mol. The molecule has 0 aliphatic rings. The molecule has 1 heterocycles. The first-order valence-electron chi connectivity index (χ1n) is 6.52. The van der Waals surface area contributed by atoms with Crippen LogP contribution in [0.3, 0.4) is 0 Å². The fourth-order valence-electron chi connectivity index (χ4n) is 2.62. The summed E-state index contributed by atoms with van der Waals surface area (Å²) in [6.45, 7) is 0. The number of fused-ring (bicyclic) bond motifs is 3. The second-order valence-corrected chi connectivity index (χ2v) is 5.34. The molecule has 20 heavy (non-hydrogen) atoms. The van der Waals surface area contributed by atoms with E-state index in [1.165, 1.54) is 0 Å². The van der Waals surface area contributed by atoms with Gasteiger partial charge in [0.05, 0.1) is 0 Å². The molecule has 4 rings (SSSR count). The lowest BCUT2D eigenvalue weighted by Gasteiger charge is -2.02. The molecule has 0 N–H and O–H groups in total. The van der Waals surface area contributed by atoms with Crippen molar-refractivity contribution in [2.24, 2.45) is 0 Å². The van der Waals surface area contributed by atoms with E-state index in [1.807, 2.05) is 30.3 Å². The van der Waals surface area contributed by atoms with Crippen molar-refractivity contribution in [1.82, 2.24) is 0 Å². The van der Waals surface area contributed by atoms with E-state index in [1.54, 1.807) is 0 Å². The highest BCUT2D eigenvalue weighted by atomic mass is 32.1. The number of furan rings is 1. The summed E-state index contributed by atoms with van der Waals surface area (Å²) >= 11 is 4.33. The van der Waals surface area contributed by atoms with Gasteiger partial charge in [-0.15, -0.1) is 12.6 Å². The molecule has 0 atom stereocenters. The molecule has 0 bridgehead atoms. The van der Waals surface area contributed by atoms with E-state index in [0.717, 1.165) is 38.0 Å². The van der Waals surface area contributed by atoms with Gasteiger partial charge in [0, 0.05) is 21.2 Å². The van der Waals surface area contributed by atoms with Crippen molar-refractivity contribution in [3.63, 3.8) is 0 Å². The van der Waals surface area contributed by atoms with Crippen LogP contribution in [-0.4, -0.2) is 0 Å². The van der Waals surface area contributed by atoms with Crippen LogP contribution in [0.1, 0.15) is 0 Å². The number of para-hydroxylation sites is 2. The van der Waals surface area contributed by atoms with Crippen LogP contribution in [0.4, 0.5) is 0 Å². The second kappa shape index (κ2) is 4.43. The molecule has 1 aromatic heterocycles. The summed E-state index contributed by atoms with van der Waals surface area (Å²) in [5.74, 6) is 0. The fraction of sp³-hybridized carbons (Fsp3) is 0. The predicted octanol–water partition coefficient (Wildman–Crippen LogP) is 5.54. The average molecular weight is 276 g/mol. The number of rotatable bonds is 1. The lowest BCUT2D eigenvalue weighted by atomic mass is 10.0. The molecule has 2 heteroatoms. The van der Waals surface area contributed by atoms with Gasteiger partial charge in [-0.1, -0.05) is 48.5 Å².